The number of alkyl halides is 2. The first kappa shape index (κ1) is 11.1. The Morgan fingerprint density at radius 2 is 2.29 bits per heavy atom. The van der Waals surface area contributed by atoms with Gasteiger partial charge in [0.1, 0.15) is 0 Å². The molecule has 1 aliphatic heterocycles. The van der Waals surface area contributed by atoms with Crippen LogP contribution in [0.15, 0.2) is 12.2 Å². The summed E-state index contributed by atoms with van der Waals surface area (Å²) < 4.78 is 33.5. The Labute approximate surface area is 80.7 Å². The average Bonchev–Trinajstić information content (AvgIpc) is 2.07. The molecule has 0 aliphatic carbocycles. The second-order valence-electron chi connectivity index (χ2n) is 3.03. The van der Waals surface area contributed by atoms with Crippen LogP contribution in [0.5, 0.6) is 0 Å². The molecular formula is C9H12F2O3. The third-order valence-corrected chi connectivity index (χ3v) is 1.99. The van der Waals surface area contributed by atoms with Crippen LogP contribution >= 0.6 is 0 Å². The molecule has 0 aromatic carbocycles. The third-order valence-electron chi connectivity index (χ3n) is 1.99. The predicted molar refractivity (Wildman–Crippen MR) is 45.1 cm³/mol. The Kier molecular flexibility index (Phi) is 4.00. The quantitative estimate of drug-likeness (QED) is 0.505. The maximum Gasteiger partial charge on any atom is 0.339 e. The summed E-state index contributed by atoms with van der Waals surface area (Å²) in [4.78, 5) is 10.8. The lowest BCUT2D eigenvalue weighted by molar-refractivity contribution is -0.142. The Morgan fingerprint density at radius 3 is 2.71 bits per heavy atom. The van der Waals surface area contributed by atoms with Crippen molar-refractivity contribution >= 4 is 5.97 Å². The van der Waals surface area contributed by atoms with Gasteiger partial charge in [-0.05, 0) is 6.42 Å². The maximum absolute atomic E-state index is 11.9. The van der Waals surface area contributed by atoms with Crippen LogP contribution in [0.25, 0.3) is 0 Å². The summed E-state index contributed by atoms with van der Waals surface area (Å²) >= 11 is 0. The van der Waals surface area contributed by atoms with Gasteiger partial charge in [0.2, 0.25) is 0 Å². The zero-order valence-electron chi connectivity index (χ0n) is 7.67. The molecule has 1 aliphatic rings. The van der Waals surface area contributed by atoms with Crippen molar-refractivity contribution in [2.24, 2.45) is 0 Å². The number of hydrogen-bond donors (Lipinski definition) is 0. The zero-order chi connectivity index (χ0) is 10.6. The van der Waals surface area contributed by atoms with Gasteiger partial charge in [-0.1, -0.05) is 6.58 Å². The summed E-state index contributed by atoms with van der Waals surface area (Å²) in [6.07, 6.45) is -1.24. The molecule has 3 nitrogen and oxygen atoms in total. The summed E-state index contributed by atoms with van der Waals surface area (Å²) in [5, 5.41) is 0. The molecule has 1 unspecified atom stereocenters. The fraction of sp³-hybridized carbons (Fsp3) is 0.667. The van der Waals surface area contributed by atoms with Gasteiger partial charge in [-0.2, -0.15) is 0 Å². The number of carbonyl (C=O) groups is 1. The van der Waals surface area contributed by atoms with E-state index in [4.69, 9.17) is 4.74 Å². The Bertz CT molecular complexity index is 224. The number of ether oxygens (including phenoxy) is 2. The topological polar surface area (TPSA) is 35.5 Å². The summed E-state index contributed by atoms with van der Waals surface area (Å²) in [6, 6.07) is 0. The van der Waals surface area contributed by atoms with E-state index in [1.165, 1.54) is 0 Å². The highest BCUT2D eigenvalue weighted by atomic mass is 19.3. The van der Waals surface area contributed by atoms with Gasteiger partial charge in [0.15, 0.2) is 0 Å². The number of rotatable bonds is 5. The highest BCUT2D eigenvalue weighted by Gasteiger charge is 2.21. The molecule has 80 valence electrons. The van der Waals surface area contributed by atoms with E-state index in [1.807, 2.05) is 0 Å². The van der Waals surface area contributed by atoms with Gasteiger partial charge >= 0.3 is 5.97 Å². The molecule has 1 atom stereocenters. The third kappa shape index (κ3) is 3.06. The highest BCUT2D eigenvalue weighted by Crippen LogP contribution is 2.15. The second kappa shape index (κ2) is 5.05. The van der Waals surface area contributed by atoms with E-state index in [-0.39, 0.29) is 12.7 Å². The molecule has 0 aromatic rings. The molecule has 1 rings (SSSR count). The van der Waals surface area contributed by atoms with Crippen LogP contribution in [0.4, 0.5) is 8.78 Å². The van der Waals surface area contributed by atoms with Crippen molar-refractivity contribution in [1.29, 1.82) is 0 Å². The van der Waals surface area contributed by atoms with Gasteiger partial charge in [0.25, 0.3) is 6.43 Å². The van der Waals surface area contributed by atoms with E-state index in [0.717, 1.165) is 13.0 Å². The van der Waals surface area contributed by atoms with Crippen molar-refractivity contribution in [3.05, 3.63) is 12.2 Å². The minimum Gasteiger partial charge on any atom is -0.462 e. The smallest absolute Gasteiger partial charge is 0.339 e. The summed E-state index contributed by atoms with van der Waals surface area (Å²) in [5.41, 5.74) is -0.792. The lowest BCUT2D eigenvalue weighted by Crippen LogP contribution is -2.28. The van der Waals surface area contributed by atoms with Crippen molar-refractivity contribution in [3.63, 3.8) is 0 Å². The van der Waals surface area contributed by atoms with Crippen LogP contribution in [-0.2, 0) is 14.3 Å². The molecule has 0 spiro atoms. The standard InChI is InChI=1S/C9H12F2O3/c1-6(8(10)11)9(12)14-5-3-7-2-4-13-7/h7-8H,1-5H2. The van der Waals surface area contributed by atoms with Gasteiger partial charge in [-0.15, -0.1) is 0 Å². The molecule has 14 heavy (non-hydrogen) atoms. The van der Waals surface area contributed by atoms with E-state index >= 15 is 0 Å². The number of esters is 1. The molecule has 0 saturated carbocycles. The lowest BCUT2D eigenvalue weighted by Gasteiger charge is -2.25. The molecule has 1 fully saturated rings. The first-order chi connectivity index (χ1) is 6.61. The largest absolute Gasteiger partial charge is 0.462 e. The van der Waals surface area contributed by atoms with Gasteiger partial charge in [0, 0.05) is 13.0 Å². The number of hydrogen-bond acceptors (Lipinski definition) is 3. The van der Waals surface area contributed by atoms with E-state index in [1.54, 1.807) is 0 Å². The van der Waals surface area contributed by atoms with Crippen LogP contribution in [0.2, 0.25) is 0 Å². The molecular weight excluding hydrogens is 194 g/mol. The zero-order valence-corrected chi connectivity index (χ0v) is 7.67. The van der Waals surface area contributed by atoms with E-state index in [9.17, 15) is 13.6 Å². The van der Waals surface area contributed by atoms with Gasteiger partial charge in [0.05, 0.1) is 18.3 Å². The minimum absolute atomic E-state index is 0.106. The first-order valence-electron chi connectivity index (χ1n) is 4.37. The molecule has 0 radical (unpaired) electrons. The predicted octanol–water partition coefficient (Wildman–Crippen LogP) is 1.53. The molecule has 0 N–H and O–H groups in total. The number of halogens is 2. The monoisotopic (exact) mass is 206 g/mol. The first-order valence-corrected chi connectivity index (χ1v) is 4.37. The Hall–Kier alpha value is -0.970. The van der Waals surface area contributed by atoms with Crippen LogP contribution in [0.1, 0.15) is 12.8 Å². The van der Waals surface area contributed by atoms with Crippen molar-refractivity contribution in [1.82, 2.24) is 0 Å². The van der Waals surface area contributed by atoms with E-state index in [2.05, 4.69) is 11.3 Å². The van der Waals surface area contributed by atoms with Crippen LogP contribution in [0, 0.1) is 0 Å². The van der Waals surface area contributed by atoms with Crippen molar-refractivity contribution in [2.45, 2.75) is 25.4 Å². The van der Waals surface area contributed by atoms with E-state index < -0.39 is 18.0 Å². The summed E-state index contributed by atoms with van der Waals surface area (Å²) in [5.74, 6) is -1.03. The fourth-order valence-corrected chi connectivity index (χ4v) is 0.977. The average molecular weight is 206 g/mol. The van der Waals surface area contributed by atoms with E-state index in [0.29, 0.717) is 6.42 Å². The van der Waals surface area contributed by atoms with Crippen LogP contribution in [0.3, 0.4) is 0 Å². The fourth-order valence-electron chi connectivity index (χ4n) is 0.977. The Morgan fingerprint density at radius 1 is 1.64 bits per heavy atom. The normalized spacial score (nSPS) is 20.4. The molecule has 1 heterocycles. The maximum atomic E-state index is 11.9. The van der Waals surface area contributed by atoms with Crippen LogP contribution in [-0.4, -0.2) is 31.7 Å². The van der Waals surface area contributed by atoms with Crippen molar-refractivity contribution in [3.8, 4) is 0 Å². The summed E-state index contributed by atoms with van der Waals surface area (Å²) in [7, 11) is 0. The van der Waals surface area contributed by atoms with Gasteiger partial charge in [-0.3, -0.25) is 0 Å². The molecule has 0 aromatic heterocycles. The highest BCUT2D eigenvalue weighted by molar-refractivity contribution is 5.88. The molecule has 0 bridgehead atoms. The number of carbonyl (C=O) groups excluding carboxylic acids is 1. The molecule has 0 amide bonds. The van der Waals surface area contributed by atoms with Crippen LogP contribution < -0.4 is 0 Å². The summed E-state index contributed by atoms with van der Waals surface area (Å²) in [6.45, 7) is 3.76. The van der Waals surface area contributed by atoms with Gasteiger partial charge in [-0.25, -0.2) is 13.6 Å². The SMILES string of the molecule is C=C(C(=O)OCCC1CCO1)C(F)F. The molecule has 1 saturated heterocycles. The van der Waals surface area contributed by atoms with Crippen molar-refractivity contribution in [2.75, 3.05) is 13.2 Å². The van der Waals surface area contributed by atoms with Gasteiger partial charge < -0.3 is 9.47 Å². The second-order valence-corrected chi connectivity index (χ2v) is 3.03. The van der Waals surface area contributed by atoms with Crippen molar-refractivity contribution < 1.29 is 23.0 Å². The Balaban J connectivity index is 2.10. The minimum atomic E-state index is -2.84. The molecule has 5 heteroatoms. The lowest BCUT2D eigenvalue weighted by atomic mass is 10.1.